The maximum Gasteiger partial charge on any atom is 0.416 e. The lowest BCUT2D eigenvalue weighted by Gasteiger charge is -2.28. The number of nitrogens with zero attached hydrogens (tertiary/aromatic N) is 2. The zero-order chi connectivity index (χ0) is 24.9. The van der Waals surface area contributed by atoms with E-state index in [4.69, 9.17) is 4.74 Å². The summed E-state index contributed by atoms with van der Waals surface area (Å²) in [5.74, 6) is 0. The number of pyridine rings is 1. The Morgan fingerprint density at radius 2 is 1.91 bits per heavy atom. The molecule has 1 saturated heterocycles. The highest BCUT2D eigenvalue weighted by Crippen LogP contribution is 2.40. The molecule has 2 atom stereocenters. The van der Waals surface area contributed by atoms with Crippen LogP contribution in [0.4, 0.5) is 13.2 Å². The molecule has 0 spiro atoms. The Hall–Kier alpha value is -2.45. The fraction of sp³-hybridized carbons (Fsp3) is 0.556. The Morgan fingerprint density at radius 3 is 2.60 bits per heavy atom. The number of halogens is 3. The number of carbonyl (C=O) groups is 1. The number of aromatic nitrogens is 1. The van der Waals surface area contributed by atoms with Crippen LogP contribution in [0.3, 0.4) is 0 Å². The average molecular weight is 490 g/mol. The molecule has 1 saturated carbocycles. The van der Waals surface area contributed by atoms with Gasteiger partial charge >= 0.3 is 6.18 Å². The lowest BCUT2D eigenvalue weighted by Crippen LogP contribution is -2.41. The van der Waals surface area contributed by atoms with Crippen molar-refractivity contribution in [1.82, 2.24) is 15.2 Å². The molecule has 1 aromatic heterocycles. The van der Waals surface area contributed by atoms with E-state index in [0.717, 1.165) is 43.8 Å². The normalized spacial score (nSPS) is 24.9. The van der Waals surface area contributed by atoms with Crippen LogP contribution >= 0.6 is 0 Å². The van der Waals surface area contributed by atoms with Crippen LogP contribution in [0, 0.1) is 0 Å². The zero-order valence-electron chi connectivity index (χ0n) is 20.2. The molecule has 2 unspecified atom stereocenters. The van der Waals surface area contributed by atoms with E-state index in [-0.39, 0.29) is 12.0 Å². The first kappa shape index (κ1) is 25.6. The number of hydrogen-bond acceptors (Lipinski definition) is 4. The summed E-state index contributed by atoms with van der Waals surface area (Å²) in [6, 6.07) is 11.3. The predicted octanol–water partition coefficient (Wildman–Crippen LogP) is 4.88. The Bertz CT molecular complexity index is 979. The van der Waals surface area contributed by atoms with Crippen molar-refractivity contribution in [3.05, 3.63) is 65.0 Å². The van der Waals surface area contributed by atoms with Crippen LogP contribution in [0.1, 0.15) is 61.4 Å². The van der Waals surface area contributed by atoms with Gasteiger partial charge in [-0.3, -0.25) is 9.78 Å². The van der Waals surface area contributed by atoms with E-state index in [1.807, 2.05) is 12.3 Å². The van der Waals surface area contributed by atoms with Gasteiger partial charge in [-0.15, -0.1) is 0 Å². The SMILES string of the molecule is CC1(c2ccccn2)CCC(NC2CCOCC2)C1.O=CN1CCc2ccc(C(F)(F)F)cc2C1. The molecule has 1 aromatic carbocycles. The summed E-state index contributed by atoms with van der Waals surface area (Å²) in [4.78, 5) is 16.6. The minimum atomic E-state index is -4.32. The molecule has 8 heteroatoms. The van der Waals surface area contributed by atoms with Gasteiger partial charge in [0.1, 0.15) is 0 Å². The predicted molar refractivity (Wildman–Crippen MR) is 128 cm³/mol. The quantitative estimate of drug-likeness (QED) is 0.622. The highest BCUT2D eigenvalue weighted by molar-refractivity contribution is 5.49. The largest absolute Gasteiger partial charge is 0.416 e. The highest BCUT2D eigenvalue weighted by Gasteiger charge is 2.38. The van der Waals surface area contributed by atoms with Crippen molar-refractivity contribution in [2.45, 2.75) is 75.7 Å². The maximum atomic E-state index is 12.5. The number of benzene rings is 1. The molecule has 190 valence electrons. The third kappa shape index (κ3) is 6.61. The molecule has 5 nitrogen and oxygen atoms in total. The first-order valence-corrected chi connectivity index (χ1v) is 12.4. The van der Waals surface area contributed by atoms with Gasteiger partial charge in [0.15, 0.2) is 0 Å². The fourth-order valence-electron chi connectivity index (χ4n) is 5.38. The van der Waals surface area contributed by atoms with E-state index >= 15 is 0 Å². The molecule has 5 rings (SSSR count). The van der Waals surface area contributed by atoms with Crippen LogP contribution < -0.4 is 5.32 Å². The standard InChI is InChI=1S/C16H24N2O.C11H10F3NO/c1-16(15-4-2-3-9-17-15)8-5-14(12-16)18-13-6-10-19-11-7-13;12-11(13,14)10-2-1-8-3-4-15(7-16)6-9(8)5-10/h2-4,9,13-14,18H,5-8,10-12H2,1H3;1-2,5,7H,3-4,6H2. The minimum absolute atomic E-state index is 0.254. The second kappa shape index (κ2) is 11.1. The number of hydrogen-bond donors (Lipinski definition) is 1. The number of rotatable bonds is 4. The Labute approximate surface area is 205 Å². The first-order valence-electron chi connectivity index (χ1n) is 12.4. The van der Waals surface area contributed by atoms with E-state index in [2.05, 4.69) is 29.4 Å². The lowest BCUT2D eigenvalue weighted by molar-refractivity contribution is -0.137. The maximum absolute atomic E-state index is 12.5. The molecule has 0 bridgehead atoms. The number of carbonyl (C=O) groups excluding carboxylic acids is 1. The molecule has 2 aliphatic heterocycles. The van der Waals surface area contributed by atoms with Crippen LogP contribution in [0.2, 0.25) is 0 Å². The number of amides is 1. The smallest absolute Gasteiger partial charge is 0.381 e. The van der Waals surface area contributed by atoms with Crippen LogP contribution in [0.15, 0.2) is 42.6 Å². The number of fused-ring (bicyclic) bond motifs is 1. The first-order chi connectivity index (χ1) is 16.8. The molecule has 1 amide bonds. The second-order valence-corrected chi connectivity index (χ2v) is 10.1. The molecule has 3 aliphatic rings. The Kier molecular flexibility index (Phi) is 8.12. The van der Waals surface area contributed by atoms with Gasteiger partial charge < -0.3 is 15.0 Å². The van der Waals surface area contributed by atoms with Gasteiger partial charge in [0.05, 0.1) is 5.56 Å². The van der Waals surface area contributed by atoms with Crippen LogP contribution in [0.5, 0.6) is 0 Å². The summed E-state index contributed by atoms with van der Waals surface area (Å²) in [5, 5.41) is 3.83. The van der Waals surface area contributed by atoms with E-state index < -0.39 is 11.7 Å². The number of nitrogens with one attached hydrogen (secondary N) is 1. The van der Waals surface area contributed by atoms with Gasteiger partial charge in [-0.25, -0.2) is 0 Å². The van der Waals surface area contributed by atoms with E-state index in [0.29, 0.717) is 37.0 Å². The average Bonchev–Trinajstić information content (AvgIpc) is 3.26. The highest BCUT2D eigenvalue weighted by atomic mass is 19.4. The summed E-state index contributed by atoms with van der Waals surface area (Å²) in [5.41, 5.74) is 2.34. The van der Waals surface area contributed by atoms with Crippen LogP contribution in [-0.2, 0) is 34.1 Å². The molecule has 1 N–H and O–H groups in total. The molecular formula is C27H34F3N3O2. The summed E-state index contributed by atoms with van der Waals surface area (Å²) in [6.07, 6.45) is 4.93. The van der Waals surface area contributed by atoms with Crippen molar-refractivity contribution >= 4 is 6.41 Å². The van der Waals surface area contributed by atoms with Gasteiger partial charge in [-0.1, -0.05) is 19.1 Å². The van der Waals surface area contributed by atoms with Crippen molar-refractivity contribution < 1.29 is 22.7 Å². The number of ether oxygens (including phenoxy) is 1. The Morgan fingerprint density at radius 1 is 1.11 bits per heavy atom. The Balaban J connectivity index is 0.000000168. The van der Waals surface area contributed by atoms with Gasteiger partial charge in [0.25, 0.3) is 0 Å². The molecule has 2 aromatic rings. The summed E-state index contributed by atoms with van der Waals surface area (Å²) >= 11 is 0. The number of alkyl halides is 3. The second-order valence-electron chi connectivity index (χ2n) is 10.1. The van der Waals surface area contributed by atoms with Crippen LogP contribution in [-0.4, -0.2) is 48.1 Å². The van der Waals surface area contributed by atoms with Gasteiger partial charge in [0, 0.05) is 55.7 Å². The third-order valence-electron chi connectivity index (χ3n) is 7.44. The van der Waals surface area contributed by atoms with Crippen molar-refractivity contribution in [1.29, 1.82) is 0 Å². The van der Waals surface area contributed by atoms with Crippen LogP contribution in [0.25, 0.3) is 0 Å². The molecule has 0 radical (unpaired) electrons. The van der Waals surface area contributed by atoms with Crippen molar-refractivity contribution in [3.63, 3.8) is 0 Å². The zero-order valence-corrected chi connectivity index (χ0v) is 20.2. The van der Waals surface area contributed by atoms with Crippen molar-refractivity contribution in [2.24, 2.45) is 0 Å². The van der Waals surface area contributed by atoms with Gasteiger partial charge in [0.2, 0.25) is 6.41 Å². The van der Waals surface area contributed by atoms with E-state index in [9.17, 15) is 18.0 Å². The molecular weight excluding hydrogens is 455 g/mol. The van der Waals surface area contributed by atoms with Gasteiger partial charge in [-0.2, -0.15) is 13.2 Å². The summed E-state index contributed by atoms with van der Waals surface area (Å²) in [6.45, 7) is 5.04. The summed E-state index contributed by atoms with van der Waals surface area (Å²) in [7, 11) is 0. The van der Waals surface area contributed by atoms with Crippen molar-refractivity contribution in [3.8, 4) is 0 Å². The molecule has 3 heterocycles. The fourth-order valence-corrected chi connectivity index (χ4v) is 5.38. The third-order valence-corrected chi connectivity index (χ3v) is 7.44. The van der Waals surface area contributed by atoms with E-state index in [1.54, 1.807) is 0 Å². The van der Waals surface area contributed by atoms with Crippen molar-refractivity contribution in [2.75, 3.05) is 19.8 Å². The van der Waals surface area contributed by atoms with E-state index in [1.165, 1.54) is 35.9 Å². The molecule has 1 aliphatic carbocycles. The molecule has 35 heavy (non-hydrogen) atoms. The minimum Gasteiger partial charge on any atom is -0.381 e. The topological polar surface area (TPSA) is 54.5 Å². The summed E-state index contributed by atoms with van der Waals surface area (Å²) < 4.78 is 42.8. The van der Waals surface area contributed by atoms with Gasteiger partial charge in [-0.05, 0) is 73.9 Å². The molecule has 2 fully saturated rings. The lowest BCUT2D eigenvalue weighted by atomic mass is 9.84. The monoisotopic (exact) mass is 489 g/mol.